The molecular formula is C22H22N6O2. The molecule has 4 aromatic rings. The van der Waals surface area contributed by atoms with Crippen LogP contribution in [0.3, 0.4) is 0 Å². The van der Waals surface area contributed by atoms with Crippen LogP contribution >= 0.6 is 0 Å². The molecule has 8 heteroatoms. The molecule has 3 aromatic heterocycles. The largest absolute Gasteiger partial charge is 0.347 e. The highest BCUT2D eigenvalue weighted by molar-refractivity contribution is 5.92. The first kappa shape index (κ1) is 19.5. The molecule has 0 aliphatic carbocycles. The fourth-order valence-electron chi connectivity index (χ4n) is 2.74. The standard InChI is InChI=1S/C22H22N6O2/c1-22(2,3)21-26-20(30-27-21)16-9-10-18(23-12-16)28-13-17(25-14-28)19(29)24-11-15-7-5-4-6-8-15/h4-10,12-14H,11H2,1-3H3,(H,24,29). The van der Waals surface area contributed by atoms with E-state index in [0.29, 0.717) is 29.8 Å². The minimum atomic E-state index is -0.241. The van der Waals surface area contributed by atoms with E-state index >= 15 is 0 Å². The first-order chi connectivity index (χ1) is 14.4. The van der Waals surface area contributed by atoms with Crippen LogP contribution in [-0.4, -0.2) is 30.6 Å². The lowest BCUT2D eigenvalue weighted by Crippen LogP contribution is -2.23. The van der Waals surface area contributed by atoms with Gasteiger partial charge < -0.3 is 9.84 Å². The molecule has 3 heterocycles. The van der Waals surface area contributed by atoms with Crippen LogP contribution in [0.1, 0.15) is 42.6 Å². The number of hydrogen-bond acceptors (Lipinski definition) is 6. The maximum Gasteiger partial charge on any atom is 0.271 e. The van der Waals surface area contributed by atoms with Crippen molar-refractivity contribution in [1.82, 2.24) is 30.0 Å². The van der Waals surface area contributed by atoms with Gasteiger partial charge in [-0.05, 0) is 17.7 Å². The summed E-state index contributed by atoms with van der Waals surface area (Å²) in [4.78, 5) is 25.4. The molecule has 1 aromatic carbocycles. The number of carbonyl (C=O) groups excluding carboxylic acids is 1. The molecule has 30 heavy (non-hydrogen) atoms. The molecular weight excluding hydrogens is 380 g/mol. The van der Waals surface area contributed by atoms with Gasteiger partial charge in [-0.2, -0.15) is 4.98 Å². The Hall–Kier alpha value is -3.81. The third kappa shape index (κ3) is 4.27. The smallest absolute Gasteiger partial charge is 0.271 e. The monoisotopic (exact) mass is 402 g/mol. The van der Waals surface area contributed by atoms with E-state index in [1.807, 2.05) is 63.2 Å². The highest BCUT2D eigenvalue weighted by Gasteiger charge is 2.21. The van der Waals surface area contributed by atoms with Crippen LogP contribution in [0.25, 0.3) is 17.3 Å². The van der Waals surface area contributed by atoms with E-state index in [1.54, 1.807) is 23.3 Å². The van der Waals surface area contributed by atoms with Gasteiger partial charge in [0.25, 0.3) is 11.8 Å². The second-order valence-electron chi connectivity index (χ2n) is 7.91. The van der Waals surface area contributed by atoms with Crippen LogP contribution in [0.5, 0.6) is 0 Å². The van der Waals surface area contributed by atoms with Crippen LogP contribution in [-0.2, 0) is 12.0 Å². The minimum Gasteiger partial charge on any atom is -0.347 e. The Morgan fingerprint density at radius 1 is 1.10 bits per heavy atom. The van der Waals surface area contributed by atoms with Crippen LogP contribution in [0.4, 0.5) is 0 Å². The predicted molar refractivity (Wildman–Crippen MR) is 111 cm³/mol. The SMILES string of the molecule is CC(C)(C)c1noc(-c2ccc(-n3cnc(C(=O)NCc4ccccc4)c3)nc2)n1. The summed E-state index contributed by atoms with van der Waals surface area (Å²) in [6, 6.07) is 13.4. The van der Waals surface area contributed by atoms with Crippen molar-refractivity contribution >= 4 is 5.91 Å². The van der Waals surface area contributed by atoms with E-state index in [1.165, 1.54) is 0 Å². The van der Waals surface area contributed by atoms with Gasteiger partial charge in [0, 0.05) is 24.4 Å². The van der Waals surface area contributed by atoms with Crippen molar-refractivity contribution in [3.63, 3.8) is 0 Å². The number of benzene rings is 1. The van der Waals surface area contributed by atoms with Crippen molar-refractivity contribution in [3.8, 4) is 17.3 Å². The van der Waals surface area contributed by atoms with E-state index < -0.39 is 0 Å². The van der Waals surface area contributed by atoms with Crippen molar-refractivity contribution in [2.24, 2.45) is 0 Å². The number of nitrogens with zero attached hydrogens (tertiary/aromatic N) is 5. The van der Waals surface area contributed by atoms with E-state index in [2.05, 4.69) is 25.4 Å². The molecule has 0 saturated heterocycles. The van der Waals surface area contributed by atoms with E-state index in [0.717, 1.165) is 11.1 Å². The van der Waals surface area contributed by atoms with Crippen molar-refractivity contribution in [1.29, 1.82) is 0 Å². The summed E-state index contributed by atoms with van der Waals surface area (Å²) in [5.74, 6) is 1.45. The molecule has 0 unspecified atom stereocenters. The molecule has 0 aliphatic heterocycles. The van der Waals surface area contributed by atoms with Crippen molar-refractivity contribution < 1.29 is 9.32 Å². The molecule has 4 rings (SSSR count). The fourth-order valence-corrected chi connectivity index (χ4v) is 2.74. The molecule has 152 valence electrons. The zero-order chi connectivity index (χ0) is 21.1. The first-order valence-electron chi connectivity index (χ1n) is 9.57. The lowest BCUT2D eigenvalue weighted by Gasteiger charge is -2.10. The number of rotatable bonds is 5. The Balaban J connectivity index is 1.44. The van der Waals surface area contributed by atoms with Gasteiger partial charge in [-0.3, -0.25) is 9.36 Å². The number of hydrogen-bond donors (Lipinski definition) is 1. The van der Waals surface area contributed by atoms with Gasteiger partial charge in [0.05, 0.1) is 5.56 Å². The maximum absolute atomic E-state index is 12.4. The third-order valence-corrected chi connectivity index (χ3v) is 4.47. The molecule has 0 saturated carbocycles. The Morgan fingerprint density at radius 2 is 1.90 bits per heavy atom. The van der Waals surface area contributed by atoms with Gasteiger partial charge in [-0.15, -0.1) is 0 Å². The molecule has 0 radical (unpaired) electrons. The lowest BCUT2D eigenvalue weighted by molar-refractivity contribution is 0.0946. The van der Waals surface area contributed by atoms with Crippen LogP contribution in [0.2, 0.25) is 0 Å². The highest BCUT2D eigenvalue weighted by atomic mass is 16.5. The number of amides is 1. The topological polar surface area (TPSA) is 98.7 Å². The van der Waals surface area contributed by atoms with Gasteiger partial charge in [-0.1, -0.05) is 56.3 Å². The predicted octanol–water partition coefficient (Wildman–Crippen LogP) is 3.54. The van der Waals surface area contributed by atoms with Gasteiger partial charge in [-0.25, -0.2) is 9.97 Å². The van der Waals surface area contributed by atoms with Crippen molar-refractivity contribution in [2.45, 2.75) is 32.7 Å². The van der Waals surface area contributed by atoms with Crippen molar-refractivity contribution in [3.05, 3.63) is 78.3 Å². The van der Waals surface area contributed by atoms with Gasteiger partial charge in [0.1, 0.15) is 17.8 Å². The summed E-state index contributed by atoms with van der Waals surface area (Å²) in [6.45, 7) is 6.51. The van der Waals surface area contributed by atoms with E-state index in [4.69, 9.17) is 4.52 Å². The Bertz CT molecular complexity index is 1140. The van der Waals surface area contributed by atoms with E-state index in [-0.39, 0.29) is 11.3 Å². The maximum atomic E-state index is 12.4. The summed E-state index contributed by atoms with van der Waals surface area (Å²) in [6.07, 6.45) is 4.86. The zero-order valence-corrected chi connectivity index (χ0v) is 17.0. The number of carbonyl (C=O) groups is 1. The van der Waals surface area contributed by atoms with Crippen LogP contribution in [0, 0.1) is 0 Å². The molecule has 1 N–H and O–H groups in total. The molecule has 1 amide bonds. The minimum absolute atomic E-state index is 0.191. The second-order valence-corrected chi connectivity index (χ2v) is 7.91. The van der Waals surface area contributed by atoms with Gasteiger partial charge >= 0.3 is 0 Å². The molecule has 0 atom stereocenters. The number of pyridine rings is 1. The quantitative estimate of drug-likeness (QED) is 0.548. The van der Waals surface area contributed by atoms with Gasteiger partial charge in [0.2, 0.25) is 0 Å². The number of nitrogens with one attached hydrogen (secondary N) is 1. The second kappa shape index (κ2) is 7.90. The summed E-state index contributed by atoms with van der Waals surface area (Å²) in [5, 5.41) is 6.90. The Morgan fingerprint density at radius 3 is 2.57 bits per heavy atom. The zero-order valence-electron chi connectivity index (χ0n) is 17.0. The molecule has 0 aliphatic rings. The average Bonchev–Trinajstić information content (AvgIpc) is 3.43. The summed E-state index contributed by atoms with van der Waals surface area (Å²) >= 11 is 0. The third-order valence-electron chi connectivity index (χ3n) is 4.47. The summed E-state index contributed by atoms with van der Waals surface area (Å²) in [7, 11) is 0. The van der Waals surface area contributed by atoms with Crippen LogP contribution < -0.4 is 5.32 Å². The normalized spacial score (nSPS) is 11.4. The van der Waals surface area contributed by atoms with Crippen molar-refractivity contribution in [2.75, 3.05) is 0 Å². The number of aromatic nitrogens is 5. The summed E-state index contributed by atoms with van der Waals surface area (Å²) < 4.78 is 7.04. The molecule has 8 nitrogen and oxygen atoms in total. The average molecular weight is 402 g/mol. The molecule has 0 spiro atoms. The Kier molecular flexibility index (Phi) is 5.14. The van der Waals surface area contributed by atoms with Crippen LogP contribution in [0.15, 0.2) is 65.7 Å². The summed E-state index contributed by atoms with van der Waals surface area (Å²) in [5.41, 5.74) is 1.88. The first-order valence-corrected chi connectivity index (χ1v) is 9.57. The number of imidazole rings is 1. The lowest BCUT2D eigenvalue weighted by atomic mass is 9.96. The molecule has 0 fully saturated rings. The van der Waals surface area contributed by atoms with E-state index in [9.17, 15) is 4.79 Å². The fraction of sp³-hybridized carbons (Fsp3) is 0.227. The highest BCUT2D eigenvalue weighted by Crippen LogP contribution is 2.23. The molecule has 0 bridgehead atoms. The van der Waals surface area contributed by atoms with Gasteiger partial charge in [0.15, 0.2) is 5.82 Å². The Labute approximate surface area is 174 Å².